The molecule has 1 unspecified atom stereocenters. The molecule has 0 heterocycles. The van der Waals surface area contributed by atoms with Crippen molar-refractivity contribution in [2.45, 2.75) is 59.8 Å². The number of hydrogen-bond donors (Lipinski definition) is 0. The van der Waals surface area contributed by atoms with E-state index in [0.29, 0.717) is 18.1 Å². The molecule has 1 aromatic rings. The fraction of sp³-hybridized carbons (Fsp3) is 0.526. The van der Waals surface area contributed by atoms with Crippen molar-refractivity contribution in [3.8, 4) is 0 Å². The molecule has 0 N–H and O–H groups in total. The first-order valence-corrected chi connectivity index (χ1v) is 7.49. The van der Waals surface area contributed by atoms with Crippen LogP contribution in [0.3, 0.4) is 0 Å². The molecule has 0 saturated carbocycles. The van der Waals surface area contributed by atoms with Gasteiger partial charge in [0, 0.05) is 17.8 Å². The van der Waals surface area contributed by atoms with Crippen LogP contribution in [0.25, 0.3) is 0 Å². The first-order chi connectivity index (χ1) is 9.27. The van der Waals surface area contributed by atoms with Crippen molar-refractivity contribution >= 4 is 5.78 Å². The standard InChI is InChI=1S/C19H28O/c1-7-16(12-9-13-17(20)19(4,5)6)18-14(2)10-8-11-15(18)3/h7-8,10-11,16H,1,9,12-13H2,2-6H3. The molecule has 0 fully saturated rings. The van der Waals surface area contributed by atoms with Crippen molar-refractivity contribution in [1.82, 2.24) is 0 Å². The number of carbonyl (C=O) groups excluding carboxylic acids is 1. The Hall–Kier alpha value is -1.37. The molecule has 1 heteroatoms. The second-order valence-electron chi connectivity index (χ2n) is 6.71. The summed E-state index contributed by atoms with van der Waals surface area (Å²) < 4.78 is 0. The number of carbonyl (C=O) groups is 1. The number of aryl methyl sites for hydroxylation is 2. The van der Waals surface area contributed by atoms with Crippen LogP contribution in [-0.2, 0) is 4.79 Å². The zero-order valence-electron chi connectivity index (χ0n) is 13.6. The number of rotatable bonds is 6. The molecule has 1 rings (SSSR count). The lowest BCUT2D eigenvalue weighted by Gasteiger charge is -2.20. The summed E-state index contributed by atoms with van der Waals surface area (Å²) in [6.45, 7) is 14.3. The summed E-state index contributed by atoms with van der Waals surface area (Å²) in [7, 11) is 0. The smallest absolute Gasteiger partial charge is 0.138 e. The van der Waals surface area contributed by atoms with E-state index in [-0.39, 0.29) is 5.41 Å². The lowest BCUT2D eigenvalue weighted by atomic mass is 9.84. The maximum absolute atomic E-state index is 12.0. The third-order valence-electron chi connectivity index (χ3n) is 3.95. The maximum atomic E-state index is 12.0. The molecule has 1 atom stereocenters. The summed E-state index contributed by atoms with van der Waals surface area (Å²) in [5.74, 6) is 0.700. The minimum atomic E-state index is -0.220. The van der Waals surface area contributed by atoms with Gasteiger partial charge in [-0.15, -0.1) is 6.58 Å². The van der Waals surface area contributed by atoms with E-state index in [4.69, 9.17) is 0 Å². The highest BCUT2D eigenvalue weighted by Gasteiger charge is 2.21. The maximum Gasteiger partial charge on any atom is 0.138 e. The van der Waals surface area contributed by atoms with Gasteiger partial charge in [-0.2, -0.15) is 0 Å². The second-order valence-corrected chi connectivity index (χ2v) is 6.71. The van der Waals surface area contributed by atoms with E-state index in [0.717, 1.165) is 12.8 Å². The second kappa shape index (κ2) is 6.88. The summed E-state index contributed by atoms with van der Waals surface area (Å²) >= 11 is 0. The summed E-state index contributed by atoms with van der Waals surface area (Å²) in [5, 5.41) is 0. The SMILES string of the molecule is C=CC(CCCC(=O)C(C)(C)C)c1c(C)cccc1C. The van der Waals surface area contributed by atoms with Crippen LogP contribution < -0.4 is 0 Å². The van der Waals surface area contributed by atoms with Gasteiger partial charge in [-0.25, -0.2) is 0 Å². The van der Waals surface area contributed by atoms with Gasteiger partial charge in [0.2, 0.25) is 0 Å². The van der Waals surface area contributed by atoms with Crippen LogP contribution in [-0.4, -0.2) is 5.78 Å². The zero-order valence-corrected chi connectivity index (χ0v) is 13.6. The lowest BCUT2D eigenvalue weighted by Crippen LogP contribution is -2.19. The predicted octanol–water partition coefficient (Wildman–Crippen LogP) is 5.36. The monoisotopic (exact) mass is 272 g/mol. The first-order valence-electron chi connectivity index (χ1n) is 7.49. The molecule has 0 aliphatic heterocycles. The number of Topliss-reactive ketones (excluding diaryl/α,β-unsaturated/α-hetero) is 1. The summed E-state index contributed by atoms with van der Waals surface area (Å²) in [6.07, 6.45) is 4.62. The van der Waals surface area contributed by atoms with Crippen molar-refractivity contribution in [3.63, 3.8) is 0 Å². The van der Waals surface area contributed by atoms with Crippen molar-refractivity contribution in [2.24, 2.45) is 5.41 Å². The molecule has 110 valence electrons. The molecule has 0 aromatic heterocycles. The van der Waals surface area contributed by atoms with E-state index in [1.165, 1.54) is 16.7 Å². The van der Waals surface area contributed by atoms with E-state index < -0.39 is 0 Å². The predicted molar refractivity (Wildman–Crippen MR) is 87.2 cm³/mol. The third-order valence-corrected chi connectivity index (χ3v) is 3.95. The van der Waals surface area contributed by atoms with Crippen molar-refractivity contribution in [3.05, 3.63) is 47.5 Å². The fourth-order valence-electron chi connectivity index (χ4n) is 2.65. The van der Waals surface area contributed by atoms with Gasteiger partial charge >= 0.3 is 0 Å². The minimum Gasteiger partial charge on any atom is -0.299 e. The molecular formula is C19H28O. The Morgan fingerprint density at radius 1 is 1.25 bits per heavy atom. The van der Waals surface area contributed by atoms with Crippen LogP contribution in [0.15, 0.2) is 30.9 Å². The van der Waals surface area contributed by atoms with E-state index in [1.54, 1.807) is 0 Å². The minimum absolute atomic E-state index is 0.220. The Kier molecular flexibility index (Phi) is 5.74. The average Bonchev–Trinajstić information content (AvgIpc) is 2.35. The number of allylic oxidation sites excluding steroid dienone is 1. The Balaban J connectivity index is 2.70. The largest absolute Gasteiger partial charge is 0.299 e. The van der Waals surface area contributed by atoms with Crippen LogP contribution in [0.5, 0.6) is 0 Å². The van der Waals surface area contributed by atoms with E-state index in [9.17, 15) is 4.79 Å². The summed E-state index contributed by atoms with van der Waals surface area (Å²) in [4.78, 5) is 12.0. The molecule has 20 heavy (non-hydrogen) atoms. The normalized spacial score (nSPS) is 13.1. The molecule has 0 aliphatic carbocycles. The molecule has 0 aliphatic rings. The Labute approximate surface area is 124 Å². The van der Waals surface area contributed by atoms with Crippen LogP contribution in [0.2, 0.25) is 0 Å². The van der Waals surface area contributed by atoms with Gasteiger partial charge in [0.15, 0.2) is 0 Å². The number of ketones is 1. The molecule has 1 nitrogen and oxygen atoms in total. The van der Waals surface area contributed by atoms with E-state index >= 15 is 0 Å². The van der Waals surface area contributed by atoms with Gasteiger partial charge < -0.3 is 0 Å². The van der Waals surface area contributed by atoms with Gasteiger partial charge in [-0.1, -0.05) is 45.0 Å². The molecule has 0 saturated heterocycles. The van der Waals surface area contributed by atoms with E-state index in [1.807, 2.05) is 26.8 Å². The van der Waals surface area contributed by atoms with Crippen molar-refractivity contribution in [1.29, 1.82) is 0 Å². The van der Waals surface area contributed by atoms with Crippen LogP contribution in [0.4, 0.5) is 0 Å². The third kappa shape index (κ3) is 4.33. The zero-order chi connectivity index (χ0) is 15.3. The van der Waals surface area contributed by atoms with Crippen LogP contribution in [0.1, 0.15) is 62.6 Å². The molecular weight excluding hydrogens is 244 g/mol. The van der Waals surface area contributed by atoms with Gasteiger partial charge in [-0.3, -0.25) is 4.79 Å². The average molecular weight is 272 g/mol. The number of benzene rings is 1. The first kappa shape index (κ1) is 16.7. The lowest BCUT2D eigenvalue weighted by molar-refractivity contribution is -0.126. The van der Waals surface area contributed by atoms with Crippen molar-refractivity contribution < 1.29 is 4.79 Å². The molecule has 1 aromatic carbocycles. The van der Waals surface area contributed by atoms with Crippen LogP contribution >= 0.6 is 0 Å². The fourth-order valence-corrected chi connectivity index (χ4v) is 2.65. The Morgan fingerprint density at radius 3 is 2.25 bits per heavy atom. The quantitative estimate of drug-likeness (QED) is 0.637. The molecule has 0 spiro atoms. The Bertz CT molecular complexity index is 457. The number of hydrogen-bond acceptors (Lipinski definition) is 1. The van der Waals surface area contributed by atoms with Crippen molar-refractivity contribution in [2.75, 3.05) is 0 Å². The van der Waals surface area contributed by atoms with Gasteiger partial charge in [0.05, 0.1) is 0 Å². The summed E-state index contributed by atoms with van der Waals surface area (Å²) in [6, 6.07) is 6.40. The molecule has 0 bridgehead atoms. The Morgan fingerprint density at radius 2 is 1.80 bits per heavy atom. The van der Waals surface area contributed by atoms with Gasteiger partial charge in [0.25, 0.3) is 0 Å². The van der Waals surface area contributed by atoms with Crippen LogP contribution in [0, 0.1) is 19.3 Å². The van der Waals surface area contributed by atoms with Gasteiger partial charge in [-0.05, 0) is 43.4 Å². The highest BCUT2D eigenvalue weighted by molar-refractivity contribution is 5.83. The van der Waals surface area contributed by atoms with Gasteiger partial charge in [0.1, 0.15) is 5.78 Å². The molecule has 0 radical (unpaired) electrons. The van der Waals surface area contributed by atoms with E-state index in [2.05, 4.69) is 38.6 Å². The highest BCUT2D eigenvalue weighted by atomic mass is 16.1. The summed E-state index contributed by atoms with van der Waals surface area (Å²) in [5.41, 5.74) is 3.79. The molecule has 0 amide bonds. The highest BCUT2D eigenvalue weighted by Crippen LogP contribution is 2.29. The topological polar surface area (TPSA) is 17.1 Å².